The first-order valence-electron chi connectivity index (χ1n) is 20.7. The van der Waals surface area contributed by atoms with E-state index in [2.05, 4.69) is 13.5 Å². The lowest BCUT2D eigenvalue weighted by Gasteiger charge is -2.08. The number of carbonyl (C=O) groups is 3. The van der Waals surface area contributed by atoms with Gasteiger partial charge in [0.1, 0.15) is 29.3 Å². The van der Waals surface area contributed by atoms with E-state index in [1.54, 1.807) is 86.8 Å². The van der Waals surface area contributed by atoms with Crippen LogP contribution in [0.4, 0.5) is 22.7 Å². The summed E-state index contributed by atoms with van der Waals surface area (Å²) in [4.78, 5) is 33.5. The molecule has 6 aromatic carbocycles. The summed E-state index contributed by atoms with van der Waals surface area (Å²) in [5.74, 6) is 2.14. The second kappa shape index (κ2) is 28.1. The van der Waals surface area contributed by atoms with E-state index in [1.807, 2.05) is 60.7 Å². The van der Waals surface area contributed by atoms with Crippen molar-refractivity contribution in [2.75, 3.05) is 49.9 Å². The molecule has 0 radical (unpaired) electrons. The maximum Gasteiger partial charge on any atom is 0.343 e. The number of methoxy groups -OCH3 is 1. The van der Waals surface area contributed by atoms with Gasteiger partial charge < -0.3 is 46.6 Å². The molecule has 0 atom stereocenters. The number of anilines is 4. The molecule has 0 aromatic heterocycles. The average molecular weight is 857 g/mol. The van der Waals surface area contributed by atoms with Gasteiger partial charge in [0.15, 0.2) is 0 Å². The normalized spacial score (nSPS) is 9.95. The summed E-state index contributed by atoms with van der Waals surface area (Å²) < 4.78 is 26.6. The Hall–Kier alpha value is -7.47. The molecule has 6 rings (SSSR count). The zero-order valence-corrected chi connectivity index (χ0v) is 36.4. The first-order chi connectivity index (χ1) is 30.4. The molecule has 8 N–H and O–H groups in total. The molecular weight excluding hydrogens is 797 g/mol. The summed E-state index contributed by atoms with van der Waals surface area (Å²) in [6, 6.07) is 39.4. The quantitative estimate of drug-likeness (QED) is 0.0169. The summed E-state index contributed by atoms with van der Waals surface area (Å²) in [7, 11) is 1.66. The number of fused-ring (bicyclic) bond motifs is 1. The number of aldehydes is 1. The van der Waals surface area contributed by atoms with E-state index in [1.165, 1.54) is 0 Å². The molecule has 0 heterocycles. The van der Waals surface area contributed by atoms with Gasteiger partial charge in [-0.1, -0.05) is 44.2 Å². The second-order valence-corrected chi connectivity index (χ2v) is 14.1. The van der Waals surface area contributed by atoms with Crippen LogP contribution >= 0.6 is 0 Å². The van der Waals surface area contributed by atoms with Crippen LogP contribution in [0.25, 0.3) is 10.8 Å². The van der Waals surface area contributed by atoms with Gasteiger partial charge in [0.2, 0.25) is 0 Å². The summed E-state index contributed by atoms with van der Waals surface area (Å²) >= 11 is 0. The third-order valence-corrected chi connectivity index (χ3v) is 8.96. The summed E-state index contributed by atoms with van der Waals surface area (Å²) in [6.45, 7) is 9.12. The van der Waals surface area contributed by atoms with Crippen molar-refractivity contribution < 1.29 is 38.1 Å². The van der Waals surface area contributed by atoms with Crippen molar-refractivity contribution in [2.45, 2.75) is 52.4 Å². The minimum absolute atomic E-state index is 0.339. The number of carbonyl (C=O) groups excluding carboxylic acids is 3. The highest BCUT2D eigenvalue weighted by Crippen LogP contribution is 2.25. The molecule has 0 aliphatic heterocycles. The highest BCUT2D eigenvalue weighted by atomic mass is 16.5. The Labute approximate surface area is 370 Å². The van der Waals surface area contributed by atoms with Crippen molar-refractivity contribution in [1.82, 2.24) is 0 Å². The first kappa shape index (κ1) is 49.9. The van der Waals surface area contributed by atoms with E-state index < -0.39 is 5.97 Å². The number of ether oxygens (including phenoxy) is 5. The fourth-order valence-corrected chi connectivity index (χ4v) is 5.35. The number of nitrogens with two attached hydrogens (primary N) is 4. The van der Waals surface area contributed by atoms with E-state index >= 15 is 0 Å². The lowest BCUT2D eigenvalue weighted by Crippen LogP contribution is -2.08. The SMILES string of the molecule is C=C(C)C(=O)OCCCCCCOc1ccc(C(=O)Oc2ccc(N)cc2)cc1.CCCCOc1ccc(OC)cc1.Nc1ccc(C=O)cc1.Nc1ccc(N)c2ccccc12. The van der Waals surface area contributed by atoms with Crippen LogP contribution < -0.4 is 41.9 Å². The summed E-state index contributed by atoms with van der Waals surface area (Å²) in [5, 5.41) is 2.05. The van der Waals surface area contributed by atoms with Crippen LogP contribution in [0.15, 0.2) is 146 Å². The average Bonchev–Trinajstić information content (AvgIpc) is 3.30. The third kappa shape index (κ3) is 19.2. The fourth-order valence-electron chi connectivity index (χ4n) is 5.35. The smallest absolute Gasteiger partial charge is 0.343 e. The largest absolute Gasteiger partial charge is 0.497 e. The molecular formula is C51H60N4O8. The van der Waals surface area contributed by atoms with Gasteiger partial charge in [-0.2, -0.15) is 0 Å². The minimum atomic E-state index is -0.436. The third-order valence-electron chi connectivity index (χ3n) is 8.96. The van der Waals surface area contributed by atoms with Gasteiger partial charge >= 0.3 is 11.9 Å². The number of rotatable bonds is 17. The summed E-state index contributed by atoms with van der Waals surface area (Å²) in [6.07, 6.45) is 6.72. The topological polar surface area (TPSA) is 201 Å². The molecule has 332 valence electrons. The van der Waals surface area contributed by atoms with Gasteiger partial charge in [-0.25, -0.2) is 9.59 Å². The molecule has 0 saturated heterocycles. The first-order valence-corrected chi connectivity index (χ1v) is 20.7. The Morgan fingerprint density at radius 2 is 1.03 bits per heavy atom. The van der Waals surface area contributed by atoms with Crippen LogP contribution in [0.3, 0.4) is 0 Å². The number of benzene rings is 6. The van der Waals surface area contributed by atoms with E-state index in [4.69, 9.17) is 46.6 Å². The molecule has 0 aliphatic rings. The molecule has 0 aliphatic carbocycles. The number of unbranched alkanes of at least 4 members (excludes halogenated alkanes) is 4. The molecule has 0 spiro atoms. The zero-order chi connectivity index (χ0) is 45.8. The number of hydrogen-bond donors (Lipinski definition) is 4. The summed E-state index contributed by atoms with van der Waals surface area (Å²) in [5.41, 5.74) is 26.9. The van der Waals surface area contributed by atoms with Crippen LogP contribution in [-0.2, 0) is 9.53 Å². The van der Waals surface area contributed by atoms with Crippen LogP contribution in [-0.4, -0.2) is 45.2 Å². The minimum Gasteiger partial charge on any atom is -0.497 e. The van der Waals surface area contributed by atoms with Gasteiger partial charge in [0, 0.05) is 44.7 Å². The van der Waals surface area contributed by atoms with E-state index in [0.29, 0.717) is 52.8 Å². The maximum atomic E-state index is 12.1. The number of esters is 2. The molecule has 0 saturated carbocycles. The molecule has 0 amide bonds. The van der Waals surface area contributed by atoms with Crippen molar-refractivity contribution in [1.29, 1.82) is 0 Å². The van der Waals surface area contributed by atoms with Crippen molar-refractivity contribution >= 4 is 51.7 Å². The van der Waals surface area contributed by atoms with Gasteiger partial charge in [0.05, 0.1) is 32.5 Å². The van der Waals surface area contributed by atoms with Crippen LogP contribution in [0.1, 0.15) is 73.1 Å². The Morgan fingerprint density at radius 1 is 0.571 bits per heavy atom. The molecule has 6 aromatic rings. The molecule has 12 heteroatoms. The van der Waals surface area contributed by atoms with Gasteiger partial charge in [-0.15, -0.1) is 0 Å². The number of nitrogen functional groups attached to an aromatic ring is 4. The Bertz CT molecular complexity index is 2240. The Kier molecular flexibility index (Phi) is 22.3. The van der Waals surface area contributed by atoms with E-state index in [-0.39, 0.29) is 5.97 Å². The van der Waals surface area contributed by atoms with Crippen LogP contribution in [0, 0.1) is 0 Å². The van der Waals surface area contributed by atoms with Crippen molar-refractivity contribution in [3.8, 4) is 23.0 Å². The maximum absolute atomic E-state index is 12.1. The van der Waals surface area contributed by atoms with Crippen molar-refractivity contribution in [2.24, 2.45) is 0 Å². The lowest BCUT2D eigenvalue weighted by molar-refractivity contribution is -0.139. The molecule has 0 fully saturated rings. The Morgan fingerprint density at radius 3 is 1.52 bits per heavy atom. The number of hydrogen-bond acceptors (Lipinski definition) is 12. The van der Waals surface area contributed by atoms with Gasteiger partial charge in [-0.3, -0.25) is 4.79 Å². The zero-order valence-electron chi connectivity index (χ0n) is 36.4. The van der Waals surface area contributed by atoms with Gasteiger partial charge in [-0.05, 0) is 148 Å². The lowest BCUT2D eigenvalue weighted by atomic mass is 10.1. The monoisotopic (exact) mass is 856 g/mol. The molecule has 0 unspecified atom stereocenters. The second-order valence-electron chi connectivity index (χ2n) is 14.1. The van der Waals surface area contributed by atoms with Crippen molar-refractivity contribution in [3.05, 3.63) is 157 Å². The highest BCUT2D eigenvalue weighted by Gasteiger charge is 2.09. The predicted octanol–water partition coefficient (Wildman–Crippen LogP) is 10.5. The van der Waals surface area contributed by atoms with Gasteiger partial charge in [0.25, 0.3) is 0 Å². The fraction of sp³-hybridized carbons (Fsp3) is 0.235. The Balaban J connectivity index is 0.000000254. The molecule has 63 heavy (non-hydrogen) atoms. The van der Waals surface area contributed by atoms with Crippen LogP contribution in [0.5, 0.6) is 23.0 Å². The molecule has 0 bridgehead atoms. The van der Waals surface area contributed by atoms with E-state index in [0.717, 1.165) is 85.1 Å². The van der Waals surface area contributed by atoms with Crippen LogP contribution in [0.2, 0.25) is 0 Å². The predicted molar refractivity (Wildman–Crippen MR) is 254 cm³/mol. The molecule has 12 nitrogen and oxygen atoms in total. The standard InChI is InChI=1S/C23H27NO5.C11H16O2.C10H10N2.C7H7NO/c1-17(2)22(25)28-16-6-4-3-5-15-27-20-11-7-18(8-12-20)23(26)29-21-13-9-19(24)10-14-21;1-3-4-9-13-11-7-5-10(12-2)6-8-11;11-9-5-6-10(12)8-4-2-1-3-7(8)9;8-7-3-1-6(5-9)2-4-7/h7-14H,1,3-6,15-16,24H2,2H3;5-8H,3-4,9H2,1-2H3;1-6H,11-12H2;1-5H,8H2. The van der Waals surface area contributed by atoms with Crippen molar-refractivity contribution in [3.63, 3.8) is 0 Å². The highest BCUT2D eigenvalue weighted by molar-refractivity contribution is 6.00. The van der Waals surface area contributed by atoms with E-state index in [9.17, 15) is 14.4 Å².